The molecule has 13 heavy (non-hydrogen) atoms. The van der Waals surface area contributed by atoms with Gasteiger partial charge in [0, 0.05) is 4.32 Å². The standard InChI is InChI=1S/C12H19Br/c13-12(7-8-12)11-9-5-3-1-2-4-6-10(9)11/h9-11H,1-8H2/t9-,10+,11?. The highest BCUT2D eigenvalue weighted by atomic mass is 79.9. The molecule has 0 N–H and O–H groups in total. The van der Waals surface area contributed by atoms with Crippen LogP contribution in [0.5, 0.6) is 0 Å². The van der Waals surface area contributed by atoms with Gasteiger partial charge in [-0.25, -0.2) is 0 Å². The zero-order valence-corrected chi connectivity index (χ0v) is 9.85. The van der Waals surface area contributed by atoms with E-state index in [1.165, 1.54) is 38.5 Å². The third-order valence-corrected chi connectivity index (χ3v) is 5.80. The molecule has 74 valence electrons. The quantitative estimate of drug-likeness (QED) is 0.607. The fraction of sp³-hybridized carbons (Fsp3) is 1.00. The number of hydrogen-bond acceptors (Lipinski definition) is 0. The lowest BCUT2D eigenvalue weighted by atomic mass is 10.0. The molecule has 3 aliphatic carbocycles. The van der Waals surface area contributed by atoms with Gasteiger partial charge in [0.2, 0.25) is 0 Å². The Hall–Kier alpha value is 0.480. The second kappa shape index (κ2) is 2.98. The summed E-state index contributed by atoms with van der Waals surface area (Å²) < 4.78 is 0.646. The van der Waals surface area contributed by atoms with Gasteiger partial charge in [0.25, 0.3) is 0 Å². The third-order valence-electron chi connectivity index (χ3n) is 4.48. The average molecular weight is 243 g/mol. The smallest absolute Gasteiger partial charge is 0.0292 e. The van der Waals surface area contributed by atoms with Gasteiger partial charge in [0.05, 0.1) is 0 Å². The fourth-order valence-corrected chi connectivity index (χ4v) is 4.44. The maximum Gasteiger partial charge on any atom is 0.0292 e. The van der Waals surface area contributed by atoms with Crippen molar-refractivity contribution in [1.29, 1.82) is 0 Å². The molecular formula is C12H19Br. The number of fused-ring (bicyclic) bond motifs is 1. The van der Waals surface area contributed by atoms with Gasteiger partial charge in [-0.1, -0.05) is 41.6 Å². The van der Waals surface area contributed by atoms with Crippen LogP contribution in [0.25, 0.3) is 0 Å². The summed E-state index contributed by atoms with van der Waals surface area (Å²) in [6.45, 7) is 0. The summed E-state index contributed by atoms with van der Waals surface area (Å²) in [6.07, 6.45) is 12.1. The molecular weight excluding hydrogens is 224 g/mol. The lowest BCUT2D eigenvalue weighted by molar-refractivity contribution is 0.485. The van der Waals surface area contributed by atoms with E-state index in [1.54, 1.807) is 12.8 Å². The Bertz CT molecular complexity index is 193. The molecule has 0 radical (unpaired) electrons. The first-order valence-electron chi connectivity index (χ1n) is 6.00. The molecule has 1 heteroatoms. The Balaban J connectivity index is 1.66. The van der Waals surface area contributed by atoms with Crippen molar-refractivity contribution in [3.63, 3.8) is 0 Å². The van der Waals surface area contributed by atoms with E-state index in [0.29, 0.717) is 4.32 Å². The molecule has 3 aliphatic rings. The second-order valence-corrected chi connectivity index (χ2v) is 6.96. The normalized spacial score (nSPS) is 47.3. The van der Waals surface area contributed by atoms with Gasteiger partial charge in [-0.05, 0) is 43.4 Å². The summed E-state index contributed by atoms with van der Waals surface area (Å²) in [5, 5.41) is 0. The van der Waals surface area contributed by atoms with Gasteiger partial charge in [0.15, 0.2) is 0 Å². The molecule has 0 heterocycles. The van der Waals surface area contributed by atoms with Crippen LogP contribution in [0.15, 0.2) is 0 Å². The van der Waals surface area contributed by atoms with Gasteiger partial charge in [0.1, 0.15) is 0 Å². The van der Waals surface area contributed by atoms with Gasteiger partial charge >= 0.3 is 0 Å². The predicted octanol–water partition coefficient (Wildman–Crippen LogP) is 4.13. The molecule has 3 saturated carbocycles. The number of alkyl halides is 1. The van der Waals surface area contributed by atoms with Crippen LogP contribution in [-0.4, -0.2) is 4.32 Å². The molecule has 3 fully saturated rings. The van der Waals surface area contributed by atoms with E-state index in [0.717, 1.165) is 17.8 Å². The zero-order chi connectivity index (χ0) is 8.89. The van der Waals surface area contributed by atoms with Gasteiger partial charge in [-0.2, -0.15) is 0 Å². The van der Waals surface area contributed by atoms with Crippen LogP contribution in [0.3, 0.4) is 0 Å². The van der Waals surface area contributed by atoms with E-state index >= 15 is 0 Å². The Morgan fingerprint density at radius 1 is 0.846 bits per heavy atom. The van der Waals surface area contributed by atoms with Crippen molar-refractivity contribution in [2.24, 2.45) is 17.8 Å². The lowest BCUT2D eigenvalue weighted by Gasteiger charge is -2.05. The molecule has 0 bridgehead atoms. The third kappa shape index (κ3) is 1.48. The molecule has 0 aromatic rings. The fourth-order valence-electron chi connectivity index (χ4n) is 3.57. The van der Waals surface area contributed by atoms with Crippen molar-refractivity contribution in [2.45, 2.75) is 55.7 Å². The van der Waals surface area contributed by atoms with Gasteiger partial charge in [-0.3, -0.25) is 0 Å². The first kappa shape index (κ1) is 8.76. The zero-order valence-electron chi connectivity index (χ0n) is 8.27. The Morgan fingerprint density at radius 2 is 1.38 bits per heavy atom. The molecule has 3 rings (SSSR count). The molecule has 1 unspecified atom stereocenters. The minimum absolute atomic E-state index is 0.646. The average Bonchev–Trinajstić information content (AvgIpc) is 2.91. The highest BCUT2D eigenvalue weighted by Gasteiger charge is 2.63. The maximum absolute atomic E-state index is 3.96. The molecule has 0 aliphatic heterocycles. The molecule has 3 atom stereocenters. The minimum Gasteiger partial charge on any atom is -0.0850 e. The summed E-state index contributed by atoms with van der Waals surface area (Å²) in [5.74, 6) is 3.34. The van der Waals surface area contributed by atoms with E-state index in [1.807, 2.05) is 0 Å². The van der Waals surface area contributed by atoms with E-state index in [4.69, 9.17) is 0 Å². The molecule has 0 aromatic carbocycles. The van der Waals surface area contributed by atoms with Crippen molar-refractivity contribution < 1.29 is 0 Å². The summed E-state index contributed by atoms with van der Waals surface area (Å²) in [5.41, 5.74) is 0. The van der Waals surface area contributed by atoms with Crippen molar-refractivity contribution in [3.8, 4) is 0 Å². The lowest BCUT2D eigenvalue weighted by Crippen LogP contribution is -2.02. The van der Waals surface area contributed by atoms with E-state index in [9.17, 15) is 0 Å². The largest absolute Gasteiger partial charge is 0.0850 e. The van der Waals surface area contributed by atoms with Crippen LogP contribution in [-0.2, 0) is 0 Å². The van der Waals surface area contributed by atoms with E-state index < -0.39 is 0 Å². The van der Waals surface area contributed by atoms with Crippen molar-refractivity contribution in [3.05, 3.63) is 0 Å². The molecule has 0 aromatic heterocycles. The molecule has 0 nitrogen and oxygen atoms in total. The van der Waals surface area contributed by atoms with Crippen LogP contribution < -0.4 is 0 Å². The van der Waals surface area contributed by atoms with Crippen molar-refractivity contribution in [1.82, 2.24) is 0 Å². The van der Waals surface area contributed by atoms with Crippen LogP contribution in [0.4, 0.5) is 0 Å². The Morgan fingerprint density at radius 3 is 1.85 bits per heavy atom. The van der Waals surface area contributed by atoms with Crippen molar-refractivity contribution >= 4 is 15.9 Å². The first-order chi connectivity index (χ1) is 6.31. The SMILES string of the molecule is BrC1(C2[C@H]3CCCCCC[C@@H]23)CC1. The van der Waals surface area contributed by atoms with Crippen LogP contribution in [0.2, 0.25) is 0 Å². The summed E-state index contributed by atoms with van der Waals surface area (Å²) in [7, 11) is 0. The predicted molar refractivity (Wildman–Crippen MR) is 59.1 cm³/mol. The maximum atomic E-state index is 3.96. The molecule has 0 saturated heterocycles. The molecule has 0 amide bonds. The van der Waals surface area contributed by atoms with E-state index in [-0.39, 0.29) is 0 Å². The highest BCUT2D eigenvalue weighted by Crippen LogP contribution is 2.68. The summed E-state index contributed by atoms with van der Waals surface area (Å²) in [6, 6.07) is 0. The number of halogens is 1. The molecule has 0 spiro atoms. The first-order valence-corrected chi connectivity index (χ1v) is 6.79. The topological polar surface area (TPSA) is 0 Å². The highest BCUT2D eigenvalue weighted by molar-refractivity contribution is 9.10. The summed E-state index contributed by atoms with van der Waals surface area (Å²) in [4.78, 5) is 0. The Labute approximate surface area is 89.6 Å². The van der Waals surface area contributed by atoms with Crippen LogP contribution in [0, 0.1) is 17.8 Å². The van der Waals surface area contributed by atoms with Gasteiger partial charge in [-0.15, -0.1) is 0 Å². The number of rotatable bonds is 1. The second-order valence-electron chi connectivity index (χ2n) is 5.38. The monoisotopic (exact) mass is 242 g/mol. The van der Waals surface area contributed by atoms with Crippen LogP contribution in [0.1, 0.15) is 51.4 Å². The van der Waals surface area contributed by atoms with Gasteiger partial charge < -0.3 is 0 Å². The van der Waals surface area contributed by atoms with Crippen LogP contribution >= 0.6 is 15.9 Å². The Kier molecular flexibility index (Phi) is 2.01. The van der Waals surface area contributed by atoms with E-state index in [2.05, 4.69) is 15.9 Å². The minimum atomic E-state index is 0.646. The van der Waals surface area contributed by atoms with Crippen molar-refractivity contribution in [2.75, 3.05) is 0 Å². The summed E-state index contributed by atoms with van der Waals surface area (Å²) >= 11 is 3.96. The number of hydrogen-bond donors (Lipinski definition) is 0.